The number of aromatic hydroxyl groups is 2. The van der Waals surface area contributed by atoms with Gasteiger partial charge in [0.15, 0.2) is 11.5 Å². The molecule has 29 heavy (non-hydrogen) atoms. The van der Waals surface area contributed by atoms with Gasteiger partial charge in [-0.25, -0.2) is 0 Å². The summed E-state index contributed by atoms with van der Waals surface area (Å²) in [5.41, 5.74) is 5.81. The fourth-order valence-corrected chi connectivity index (χ4v) is 8.32. The summed E-state index contributed by atoms with van der Waals surface area (Å²) >= 11 is 0. The van der Waals surface area contributed by atoms with Gasteiger partial charge in [0.05, 0.1) is 0 Å². The highest BCUT2D eigenvalue weighted by Crippen LogP contribution is 2.68. The number of benzene rings is 1. The standard InChI is InChI=1S/C27H38O2/c1-16-8-10-25(3)12-13-27(5)19(21(25)14-16)9-11-26(4)20-15-22(28)24(29)17(2)18(20)6-7-23(26)27/h7,15-16,19,21,28-29H,6,8-14H2,1-5H3/t16?,19?,21?,25?,26-,27?/m0/s1. The van der Waals surface area contributed by atoms with Gasteiger partial charge in [-0.2, -0.15) is 0 Å². The van der Waals surface area contributed by atoms with E-state index in [0.29, 0.717) is 5.41 Å². The molecule has 0 spiro atoms. The van der Waals surface area contributed by atoms with Crippen molar-refractivity contribution in [2.24, 2.45) is 28.6 Å². The van der Waals surface area contributed by atoms with Crippen LogP contribution in [-0.4, -0.2) is 10.2 Å². The highest BCUT2D eigenvalue weighted by molar-refractivity contribution is 5.60. The minimum absolute atomic E-state index is 0.0111. The molecule has 158 valence electrons. The van der Waals surface area contributed by atoms with Gasteiger partial charge in [0.1, 0.15) is 0 Å². The molecule has 5 rings (SSSR count). The zero-order chi connectivity index (χ0) is 20.8. The third-order valence-corrected chi connectivity index (χ3v) is 10.2. The summed E-state index contributed by atoms with van der Waals surface area (Å²) in [6.07, 6.45) is 12.8. The number of phenolic OH excluding ortho intramolecular Hbond substituents is 2. The number of fused-ring (bicyclic) bond motifs is 7. The first-order chi connectivity index (χ1) is 13.6. The molecule has 0 radical (unpaired) electrons. The van der Waals surface area contributed by atoms with E-state index in [4.69, 9.17) is 0 Å². The number of hydrogen-bond acceptors (Lipinski definition) is 2. The van der Waals surface area contributed by atoms with Gasteiger partial charge in [-0.15, -0.1) is 0 Å². The highest BCUT2D eigenvalue weighted by Gasteiger charge is 2.59. The molecular weight excluding hydrogens is 356 g/mol. The average Bonchev–Trinajstić information content (AvgIpc) is 2.67. The third kappa shape index (κ3) is 2.47. The van der Waals surface area contributed by atoms with E-state index in [2.05, 4.69) is 33.8 Å². The molecule has 2 nitrogen and oxygen atoms in total. The Labute approximate surface area is 176 Å². The van der Waals surface area contributed by atoms with E-state index < -0.39 is 0 Å². The lowest BCUT2D eigenvalue weighted by Crippen LogP contribution is -2.55. The Morgan fingerprint density at radius 1 is 0.966 bits per heavy atom. The maximum atomic E-state index is 10.4. The second kappa shape index (κ2) is 6.05. The third-order valence-electron chi connectivity index (χ3n) is 10.2. The molecule has 0 aromatic heterocycles. The summed E-state index contributed by atoms with van der Waals surface area (Å²) < 4.78 is 0. The lowest BCUT2D eigenvalue weighted by molar-refractivity contribution is -0.0808. The van der Waals surface area contributed by atoms with Crippen LogP contribution in [0.2, 0.25) is 0 Å². The van der Waals surface area contributed by atoms with Crippen LogP contribution < -0.4 is 0 Å². The topological polar surface area (TPSA) is 40.5 Å². The summed E-state index contributed by atoms with van der Waals surface area (Å²) in [6, 6.07) is 1.88. The van der Waals surface area contributed by atoms with Crippen LogP contribution in [0.25, 0.3) is 0 Å². The molecule has 0 amide bonds. The zero-order valence-electron chi connectivity index (χ0n) is 18.9. The van der Waals surface area contributed by atoms with Gasteiger partial charge in [-0.1, -0.05) is 45.8 Å². The Balaban J connectivity index is 1.60. The molecule has 1 aromatic rings. The van der Waals surface area contributed by atoms with Crippen molar-refractivity contribution in [1.82, 2.24) is 0 Å². The van der Waals surface area contributed by atoms with E-state index in [9.17, 15) is 10.2 Å². The largest absolute Gasteiger partial charge is 0.504 e. The lowest BCUT2D eigenvalue weighted by Gasteiger charge is -2.64. The maximum Gasteiger partial charge on any atom is 0.160 e. The van der Waals surface area contributed by atoms with Gasteiger partial charge in [0, 0.05) is 5.41 Å². The highest BCUT2D eigenvalue weighted by atomic mass is 16.3. The lowest BCUT2D eigenvalue weighted by atomic mass is 9.41. The summed E-state index contributed by atoms with van der Waals surface area (Å²) in [4.78, 5) is 0. The molecule has 4 aliphatic carbocycles. The summed E-state index contributed by atoms with van der Waals surface area (Å²) in [5, 5.41) is 20.7. The fraction of sp³-hybridized carbons (Fsp3) is 0.704. The predicted octanol–water partition coefficient (Wildman–Crippen LogP) is 6.80. The molecule has 3 saturated carbocycles. The van der Waals surface area contributed by atoms with Crippen LogP contribution in [0.4, 0.5) is 0 Å². The fourth-order valence-electron chi connectivity index (χ4n) is 8.32. The van der Waals surface area contributed by atoms with Gasteiger partial charge >= 0.3 is 0 Å². The first-order valence-electron chi connectivity index (χ1n) is 11.9. The first kappa shape index (κ1) is 19.5. The molecule has 2 N–H and O–H groups in total. The van der Waals surface area contributed by atoms with Crippen molar-refractivity contribution in [1.29, 1.82) is 0 Å². The summed E-state index contributed by atoms with van der Waals surface area (Å²) in [5.74, 6) is 2.62. The van der Waals surface area contributed by atoms with Gasteiger partial charge < -0.3 is 10.2 Å². The molecule has 2 heteroatoms. The van der Waals surface area contributed by atoms with Crippen LogP contribution in [0.1, 0.15) is 89.3 Å². The van der Waals surface area contributed by atoms with E-state index in [0.717, 1.165) is 36.2 Å². The Kier molecular flexibility index (Phi) is 4.07. The van der Waals surface area contributed by atoms with Crippen LogP contribution in [0.5, 0.6) is 11.5 Å². The summed E-state index contributed by atoms with van der Waals surface area (Å²) in [7, 11) is 0. The molecule has 5 unspecified atom stereocenters. The van der Waals surface area contributed by atoms with Crippen molar-refractivity contribution in [2.45, 2.75) is 91.4 Å². The van der Waals surface area contributed by atoms with E-state index in [1.165, 1.54) is 49.7 Å². The number of allylic oxidation sites excluding steroid dienone is 2. The Morgan fingerprint density at radius 3 is 2.48 bits per heavy atom. The molecule has 0 saturated heterocycles. The molecule has 0 heterocycles. The van der Waals surface area contributed by atoms with Crippen LogP contribution >= 0.6 is 0 Å². The van der Waals surface area contributed by atoms with Crippen molar-refractivity contribution < 1.29 is 10.2 Å². The van der Waals surface area contributed by atoms with Gasteiger partial charge in [0.2, 0.25) is 0 Å². The number of hydrogen-bond donors (Lipinski definition) is 2. The molecule has 1 aromatic carbocycles. The second-order valence-corrected chi connectivity index (χ2v) is 11.8. The van der Waals surface area contributed by atoms with Gasteiger partial charge in [-0.3, -0.25) is 0 Å². The Hall–Kier alpha value is -1.44. The second-order valence-electron chi connectivity index (χ2n) is 11.8. The van der Waals surface area contributed by atoms with Gasteiger partial charge in [-0.05, 0) is 103 Å². The molecule has 3 fully saturated rings. The van der Waals surface area contributed by atoms with E-state index in [-0.39, 0.29) is 22.3 Å². The average molecular weight is 395 g/mol. The van der Waals surface area contributed by atoms with Crippen LogP contribution in [-0.2, 0) is 11.8 Å². The van der Waals surface area contributed by atoms with Crippen LogP contribution in [0.15, 0.2) is 17.7 Å². The van der Waals surface area contributed by atoms with Crippen molar-refractivity contribution >= 4 is 0 Å². The molecular formula is C27H38O2. The zero-order valence-corrected chi connectivity index (χ0v) is 18.9. The maximum absolute atomic E-state index is 10.4. The van der Waals surface area contributed by atoms with Crippen molar-refractivity contribution in [2.75, 3.05) is 0 Å². The monoisotopic (exact) mass is 394 g/mol. The van der Waals surface area contributed by atoms with Crippen molar-refractivity contribution in [3.63, 3.8) is 0 Å². The SMILES string of the molecule is Cc1c(O)c(O)cc2c1CC=C1C3(C)CCC4(C)CCC(C)CC4C3CC[C@]12C. The van der Waals surface area contributed by atoms with Crippen molar-refractivity contribution in [3.05, 3.63) is 34.4 Å². The normalized spacial score (nSPS) is 43.5. The molecule has 0 bridgehead atoms. The molecule has 0 aliphatic heterocycles. The van der Waals surface area contributed by atoms with E-state index in [1.54, 1.807) is 5.57 Å². The Morgan fingerprint density at radius 2 is 1.72 bits per heavy atom. The minimum Gasteiger partial charge on any atom is -0.504 e. The van der Waals surface area contributed by atoms with Crippen LogP contribution in [0, 0.1) is 35.5 Å². The van der Waals surface area contributed by atoms with Crippen molar-refractivity contribution in [3.8, 4) is 11.5 Å². The Bertz CT molecular complexity index is 898. The van der Waals surface area contributed by atoms with E-state index in [1.807, 2.05) is 13.0 Å². The molecule has 6 atom stereocenters. The number of rotatable bonds is 0. The molecule has 4 aliphatic rings. The quantitative estimate of drug-likeness (QED) is 0.375. The smallest absolute Gasteiger partial charge is 0.160 e. The van der Waals surface area contributed by atoms with E-state index >= 15 is 0 Å². The van der Waals surface area contributed by atoms with Gasteiger partial charge in [0.25, 0.3) is 0 Å². The van der Waals surface area contributed by atoms with Crippen LogP contribution in [0.3, 0.4) is 0 Å². The first-order valence-corrected chi connectivity index (χ1v) is 11.9. The number of phenols is 2. The predicted molar refractivity (Wildman–Crippen MR) is 118 cm³/mol. The minimum atomic E-state index is -0.0111. The summed E-state index contributed by atoms with van der Waals surface area (Å²) in [6.45, 7) is 12.0.